The van der Waals surface area contributed by atoms with Gasteiger partial charge in [0, 0.05) is 27.2 Å². The molecule has 0 spiro atoms. The molecule has 4 amide bonds. The summed E-state index contributed by atoms with van der Waals surface area (Å²) < 4.78 is 111. The smallest absolute Gasteiger partial charge is 0.364 e. The Kier molecular flexibility index (Phi) is 38.6. The largest absolute Gasteiger partial charge is 0.477 e. The van der Waals surface area contributed by atoms with Crippen molar-refractivity contribution >= 4 is 29.6 Å². The van der Waals surface area contributed by atoms with Crippen molar-refractivity contribution in [1.29, 1.82) is 0 Å². The first-order valence-electron chi connectivity index (χ1n) is 41.0. The van der Waals surface area contributed by atoms with E-state index in [2.05, 4.69) is 21.3 Å². The number of aliphatic hydroxyl groups is 30. The van der Waals surface area contributed by atoms with Crippen molar-refractivity contribution in [1.82, 2.24) is 21.3 Å². The Balaban J connectivity index is 0.952. The Morgan fingerprint density at radius 3 is 1.02 bits per heavy atom. The SMILES string of the molecule is CC(=O)N[C@H]1[C@H](OC[C@H]2O[C@@H](O[C@H]3[C@H](O)[C@@H](NC(C)=O)[C@H](O[C@H]4[C@@H](O)[C@@H](CO)O[C@@H](O[C@H]5[C@H](O)[C@@H](O)C(O)O[C@@H]5CO)[C@@H]4O)O[C@@H]3CO)[C@H](O)[C@@H](O[C@@H]3O[C@H](CO)[C@@H](O[C@@H]4O[C@H](CO)[C@H](O)[C@H](O[C@]5(C(=O)O)C[C@H](O)[C@@H](NC(=O)CO)[C@H]([C@H](O)[C@H](O)CO)O5)[C@H]4O)[C@H](O)[C@H]3NC(C)=O)[C@H]2O)O[C@H](CO)[C@@H](O[C@@H]2O[C@H](CO)[C@H](O)[C@H](O[C@H]3O[C@H](CO)[C@H](O)[C@H](O)[C@H]3O)[C@H]2O)[C@@H]1O. The van der Waals surface area contributed by atoms with E-state index in [-0.39, 0.29) is 0 Å². The van der Waals surface area contributed by atoms with Gasteiger partial charge in [-0.05, 0) is 0 Å². The van der Waals surface area contributed by atoms with E-state index in [0.29, 0.717) is 0 Å². The number of ether oxygens (including phenoxy) is 19. The average molecular weight is 1910 g/mol. The number of amides is 4. The second-order valence-corrected chi connectivity index (χ2v) is 32.4. The monoisotopic (exact) mass is 1910 g/mol. The van der Waals surface area contributed by atoms with Gasteiger partial charge in [0.2, 0.25) is 23.6 Å². The van der Waals surface area contributed by atoms with Crippen molar-refractivity contribution in [3.63, 3.8) is 0 Å². The third-order valence-corrected chi connectivity index (χ3v) is 23.5. The first-order chi connectivity index (χ1) is 61.5. The Morgan fingerprint density at radius 2 is 0.646 bits per heavy atom. The van der Waals surface area contributed by atoms with E-state index in [1.165, 1.54) is 0 Å². The molecule has 10 saturated heterocycles. The predicted molar refractivity (Wildman–Crippen MR) is 395 cm³/mol. The number of nitrogens with one attached hydrogen (secondary N) is 4. The molecule has 10 heterocycles. The summed E-state index contributed by atoms with van der Waals surface area (Å²) in [4.78, 5) is 65.4. The molecule has 35 N–H and O–H groups in total. The zero-order chi connectivity index (χ0) is 96.0. The number of aliphatic hydroxyl groups excluding tert-OH is 30. The van der Waals surface area contributed by atoms with Crippen LogP contribution in [0.15, 0.2) is 0 Å². The maximum Gasteiger partial charge on any atom is 0.364 e. The van der Waals surface area contributed by atoms with Gasteiger partial charge < -0.3 is 270 Å². The van der Waals surface area contributed by atoms with Crippen LogP contribution in [0.3, 0.4) is 0 Å². The Labute approximate surface area is 733 Å². The number of hydrogen-bond donors (Lipinski definition) is 35. The van der Waals surface area contributed by atoms with Crippen molar-refractivity contribution in [2.75, 3.05) is 72.7 Å². The molecule has 752 valence electrons. The van der Waals surface area contributed by atoms with Crippen LogP contribution in [0.1, 0.15) is 27.2 Å². The molecule has 1 unspecified atom stereocenters. The van der Waals surface area contributed by atoms with Crippen LogP contribution in [-0.2, 0) is 114 Å². The standard InChI is InChI=1S/C71H118N4O55/c1-16(86)72-32-41(98)52(122-66-49(106)58(38(95)23(8-79)115-66)128-65-47(104)44(101)36(93)21(6-77)114-65)26(11-82)118-62(32)112-15-29-40(97)59(50(107)68(121-29)123-53-27(12-83)119-63(33(42(53)99)73-17(2)87)126-57-37(94)22(7-78)116-67(48(57)105)125-55-25(10-81)113-61(109)46(103)45(55)102)127-64-34(74-18(3)88)43(100)54(28(13-84)120-64)124-69-51(108)60(39(96)24(9-80)117-69)130-71(70(110)111)4-19(89)31(75-30(91)14-85)56(129-71)35(92)20(90)5-76/h19-29,31-69,76-85,89-90,92-109H,4-15H2,1-3H3,(H,72,86)(H,73,87)(H,74,88)(H,75,91)(H,110,111)/t19-,20+,21+,22+,23+,24+,25+,26+,27+,28+,29+,31+,32+,33+,34+,35+,36-,37-,38-,39-,40-,41+,42+,43+,44-,45+,46+,47+,48+,49+,50+,51+,52+,53+,54+,55+,56+,57-,58-,59-,60-,61?,62+,63-,64-,65+,66-,67-,68-,69-,71-/m0/s1. The minimum Gasteiger partial charge on any atom is -0.477 e. The van der Waals surface area contributed by atoms with Crippen LogP contribution in [0.25, 0.3) is 0 Å². The van der Waals surface area contributed by atoms with Crippen molar-refractivity contribution in [2.24, 2.45) is 0 Å². The molecule has 0 radical (unpaired) electrons. The van der Waals surface area contributed by atoms with Crippen LogP contribution >= 0.6 is 0 Å². The first-order valence-corrected chi connectivity index (χ1v) is 41.0. The summed E-state index contributed by atoms with van der Waals surface area (Å²) in [5, 5.41) is 352. The van der Waals surface area contributed by atoms with Gasteiger partial charge >= 0.3 is 5.97 Å². The van der Waals surface area contributed by atoms with Gasteiger partial charge in [0.25, 0.3) is 5.79 Å². The van der Waals surface area contributed by atoms with E-state index in [4.69, 9.17) is 90.0 Å². The molecule has 10 rings (SSSR count). The van der Waals surface area contributed by atoms with Crippen LogP contribution < -0.4 is 21.3 Å². The van der Waals surface area contributed by atoms with E-state index in [0.717, 1.165) is 20.8 Å². The molecule has 10 aliphatic heterocycles. The van der Waals surface area contributed by atoms with Gasteiger partial charge in [-0.25, -0.2) is 4.79 Å². The van der Waals surface area contributed by atoms with Gasteiger partial charge in [-0.1, -0.05) is 0 Å². The minimum absolute atomic E-state index is 0.841. The second-order valence-electron chi connectivity index (χ2n) is 32.4. The number of carboxylic acids is 1. The summed E-state index contributed by atoms with van der Waals surface area (Å²) in [6.45, 7) is -10.4. The van der Waals surface area contributed by atoms with Gasteiger partial charge in [-0.2, -0.15) is 0 Å². The van der Waals surface area contributed by atoms with Crippen molar-refractivity contribution < 1.29 is 272 Å². The van der Waals surface area contributed by atoms with Crippen LogP contribution in [0.4, 0.5) is 0 Å². The maximum atomic E-state index is 13.3. The fourth-order valence-corrected chi connectivity index (χ4v) is 16.7. The van der Waals surface area contributed by atoms with E-state index < -0.39 is 421 Å². The fourth-order valence-electron chi connectivity index (χ4n) is 16.7. The summed E-state index contributed by atoms with van der Waals surface area (Å²) in [6, 6.07) is -8.14. The third-order valence-electron chi connectivity index (χ3n) is 23.5. The average Bonchev–Trinajstić information content (AvgIpc) is 0.743. The minimum atomic E-state index is -3.40. The lowest BCUT2D eigenvalue weighted by molar-refractivity contribution is -0.393. The summed E-state index contributed by atoms with van der Waals surface area (Å²) in [7, 11) is 0. The van der Waals surface area contributed by atoms with Crippen molar-refractivity contribution in [2.45, 2.75) is 340 Å². The van der Waals surface area contributed by atoms with E-state index in [1.54, 1.807) is 0 Å². The normalized spacial score (nSPS) is 47.9. The number of carbonyl (C=O) groups excluding carboxylic acids is 4. The molecule has 59 heteroatoms. The van der Waals surface area contributed by atoms with Crippen LogP contribution in [0.5, 0.6) is 0 Å². The molecule has 0 aliphatic carbocycles. The lowest BCUT2D eigenvalue weighted by atomic mass is 9.88. The highest BCUT2D eigenvalue weighted by molar-refractivity contribution is 5.78. The van der Waals surface area contributed by atoms with Crippen molar-refractivity contribution in [3.05, 3.63) is 0 Å². The van der Waals surface area contributed by atoms with Gasteiger partial charge in [-0.3, -0.25) is 19.2 Å². The Bertz CT molecular complexity index is 3570. The summed E-state index contributed by atoms with van der Waals surface area (Å²) in [5.74, 6) is -9.99. The Hall–Kier alpha value is -4.61. The molecule has 130 heavy (non-hydrogen) atoms. The van der Waals surface area contributed by atoms with Crippen LogP contribution in [0, 0.1) is 0 Å². The van der Waals surface area contributed by atoms with E-state index in [9.17, 15) is 182 Å². The first kappa shape index (κ1) is 107. The molecule has 10 aliphatic rings. The number of carboxylic acid groups (broad SMARTS) is 1. The fraction of sp³-hybridized carbons (Fsp3) is 0.930. The number of aliphatic carboxylic acids is 1. The highest BCUT2D eigenvalue weighted by Gasteiger charge is 2.64. The predicted octanol–water partition coefficient (Wildman–Crippen LogP) is -24.1. The molecule has 0 aromatic rings. The molecule has 59 nitrogen and oxygen atoms in total. The van der Waals surface area contributed by atoms with Gasteiger partial charge in [0.1, 0.15) is 244 Å². The van der Waals surface area contributed by atoms with Gasteiger partial charge in [0.05, 0.1) is 78.2 Å². The second kappa shape index (κ2) is 46.7. The maximum absolute atomic E-state index is 13.3. The summed E-state index contributed by atoms with van der Waals surface area (Å²) in [6.07, 6.45) is -102. The molecule has 0 aromatic heterocycles. The number of rotatable bonds is 36. The van der Waals surface area contributed by atoms with Crippen molar-refractivity contribution in [3.8, 4) is 0 Å². The molecule has 0 aromatic carbocycles. The van der Waals surface area contributed by atoms with Gasteiger partial charge in [-0.15, -0.1) is 0 Å². The highest BCUT2D eigenvalue weighted by Crippen LogP contribution is 2.43. The lowest BCUT2D eigenvalue weighted by Gasteiger charge is -2.51. The van der Waals surface area contributed by atoms with E-state index >= 15 is 0 Å². The zero-order valence-electron chi connectivity index (χ0n) is 69.0. The lowest BCUT2D eigenvalue weighted by Crippen LogP contribution is -2.71. The number of carbonyl (C=O) groups is 5. The molecular formula is C71H118N4O55. The summed E-state index contributed by atoms with van der Waals surface area (Å²) >= 11 is 0. The number of hydrogen-bond acceptors (Lipinski definition) is 54. The summed E-state index contributed by atoms with van der Waals surface area (Å²) in [5.41, 5.74) is 0. The van der Waals surface area contributed by atoms with Gasteiger partial charge in [0.15, 0.2) is 56.6 Å². The molecule has 51 atom stereocenters. The zero-order valence-corrected chi connectivity index (χ0v) is 69.0. The Morgan fingerprint density at radius 1 is 0.331 bits per heavy atom. The van der Waals surface area contributed by atoms with E-state index in [1.807, 2.05) is 0 Å². The van der Waals surface area contributed by atoms with Crippen LogP contribution in [0.2, 0.25) is 0 Å². The molecule has 0 saturated carbocycles. The van der Waals surface area contributed by atoms with Crippen LogP contribution in [-0.4, -0.2) is 573 Å². The highest BCUT2D eigenvalue weighted by atomic mass is 16.8. The molecule has 10 fully saturated rings. The third kappa shape index (κ3) is 23.3. The topological polar surface area (TPSA) is 936 Å². The molecule has 0 bridgehead atoms. The molecular weight excluding hydrogens is 1790 g/mol. The quantitative estimate of drug-likeness (QED) is 0.0277.